The third-order valence-electron chi connectivity index (χ3n) is 4.02. The molecule has 0 spiro atoms. The van der Waals surface area contributed by atoms with Crippen LogP contribution in [0, 0.1) is 0 Å². The Morgan fingerprint density at radius 1 is 1.09 bits per heavy atom. The van der Waals surface area contributed by atoms with Crippen molar-refractivity contribution in [3.63, 3.8) is 0 Å². The third kappa shape index (κ3) is 5.77. The summed E-state index contributed by atoms with van der Waals surface area (Å²) in [5.41, 5.74) is 1.05. The lowest BCUT2D eigenvalue weighted by Gasteiger charge is -2.04. The fraction of sp³-hybridized carbons (Fsp3) is 0.647. The van der Waals surface area contributed by atoms with Crippen molar-refractivity contribution in [1.82, 2.24) is 4.98 Å². The lowest BCUT2D eigenvalue weighted by molar-refractivity contribution is -0.116. The van der Waals surface area contributed by atoms with Gasteiger partial charge in [0.1, 0.15) is 5.69 Å². The van der Waals surface area contributed by atoms with Gasteiger partial charge in [-0.1, -0.05) is 79.0 Å². The highest BCUT2D eigenvalue weighted by Gasteiger charge is 2.18. The number of fused-ring (bicyclic) bond motifs is 1. The third-order valence-corrected chi connectivity index (χ3v) is 6.11. The van der Waals surface area contributed by atoms with Crippen molar-refractivity contribution < 1.29 is 4.79 Å². The van der Waals surface area contributed by atoms with Gasteiger partial charge in [0, 0.05) is 11.8 Å². The molecule has 0 unspecified atom stereocenters. The van der Waals surface area contributed by atoms with Gasteiger partial charge in [-0.05, 0) is 6.42 Å². The van der Waals surface area contributed by atoms with Crippen molar-refractivity contribution >= 4 is 32.3 Å². The normalized spacial score (nSPS) is 11.2. The Morgan fingerprint density at radius 3 is 2.43 bits per heavy atom. The van der Waals surface area contributed by atoms with Crippen LogP contribution in [0.25, 0.3) is 10.6 Å². The topological polar surface area (TPSA) is 62.0 Å². The minimum atomic E-state index is -0.195. The smallest absolute Gasteiger partial charge is 0.273 e. The molecule has 0 bridgehead atoms. The highest BCUT2D eigenvalue weighted by Crippen LogP contribution is 2.35. The van der Waals surface area contributed by atoms with Crippen LogP contribution in [0.5, 0.6) is 0 Å². The minimum Gasteiger partial charge on any atom is -0.320 e. The maximum Gasteiger partial charge on any atom is 0.273 e. The Hall–Kier alpha value is -1.14. The number of rotatable bonds is 11. The average molecular weight is 355 g/mol. The van der Waals surface area contributed by atoms with Crippen LogP contribution in [0.1, 0.15) is 71.1 Å². The van der Waals surface area contributed by atoms with Crippen molar-refractivity contribution in [1.29, 1.82) is 0 Å². The number of anilines is 1. The van der Waals surface area contributed by atoms with Gasteiger partial charge in [-0.15, -0.1) is 0 Å². The van der Waals surface area contributed by atoms with Gasteiger partial charge < -0.3 is 10.3 Å². The van der Waals surface area contributed by atoms with E-state index in [1.807, 2.05) is 5.38 Å². The number of hydrogen-bond acceptors (Lipinski definition) is 4. The number of aromatic nitrogens is 1. The number of nitrogens with one attached hydrogen (secondary N) is 2. The van der Waals surface area contributed by atoms with E-state index in [1.54, 1.807) is 10.3 Å². The molecule has 1 amide bonds. The van der Waals surface area contributed by atoms with Crippen molar-refractivity contribution in [3.05, 3.63) is 15.7 Å². The summed E-state index contributed by atoms with van der Waals surface area (Å²) in [6, 6.07) is 0. The van der Waals surface area contributed by atoms with Crippen LogP contribution < -0.4 is 10.9 Å². The molecule has 2 aliphatic heterocycles. The van der Waals surface area contributed by atoms with E-state index < -0.39 is 0 Å². The Labute approximate surface area is 145 Å². The van der Waals surface area contributed by atoms with E-state index in [0.717, 1.165) is 23.4 Å². The second kappa shape index (κ2) is 9.88. The van der Waals surface area contributed by atoms with Gasteiger partial charge in [-0.2, -0.15) is 0 Å². The van der Waals surface area contributed by atoms with Crippen molar-refractivity contribution in [2.75, 3.05) is 5.32 Å². The Morgan fingerprint density at radius 2 is 1.74 bits per heavy atom. The number of carbonyl (C=O) groups is 1. The fourth-order valence-electron chi connectivity index (χ4n) is 2.68. The highest BCUT2D eigenvalue weighted by atomic mass is 32.9. The van der Waals surface area contributed by atoms with Crippen LogP contribution in [0.4, 0.5) is 5.69 Å². The van der Waals surface area contributed by atoms with Crippen LogP contribution in [-0.2, 0) is 4.79 Å². The van der Waals surface area contributed by atoms with Crippen LogP contribution in [0.15, 0.2) is 10.2 Å². The SMILES string of the molecule is CCCCCCCCCCCC(=O)Nc1c2sscc-2[nH]c1=O. The van der Waals surface area contributed by atoms with Crippen LogP contribution in [-0.4, -0.2) is 10.9 Å². The zero-order chi connectivity index (χ0) is 16.5. The molecule has 128 valence electrons. The average Bonchev–Trinajstić information content (AvgIpc) is 3.08. The fourth-order valence-corrected chi connectivity index (χ4v) is 4.84. The Bertz CT molecular complexity index is 614. The molecule has 0 aromatic carbocycles. The Balaban J connectivity index is 1.58. The predicted octanol–water partition coefficient (Wildman–Crippen LogP) is 5.46. The number of hydrogen-bond donors (Lipinski definition) is 2. The molecule has 2 heterocycles. The van der Waals surface area contributed by atoms with Crippen molar-refractivity contribution in [2.24, 2.45) is 0 Å². The van der Waals surface area contributed by atoms with E-state index >= 15 is 0 Å². The summed E-state index contributed by atoms with van der Waals surface area (Å²) in [6.07, 6.45) is 11.6. The molecule has 23 heavy (non-hydrogen) atoms. The van der Waals surface area contributed by atoms with Crippen LogP contribution in [0.3, 0.4) is 0 Å². The summed E-state index contributed by atoms with van der Waals surface area (Å²) in [6.45, 7) is 2.23. The van der Waals surface area contributed by atoms with E-state index in [4.69, 9.17) is 0 Å². The minimum absolute atomic E-state index is 0.0515. The molecule has 2 N–H and O–H groups in total. The molecule has 0 radical (unpaired) electrons. The molecule has 0 aliphatic carbocycles. The van der Waals surface area contributed by atoms with Gasteiger partial charge in [-0.25, -0.2) is 0 Å². The summed E-state index contributed by atoms with van der Waals surface area (Å²) in [7, 11) is 3.08. The van der Waals surface area contributed by atoms with Crippen LogP contribution in [0.2, 0.25) is 0 Å². The quantitative estimate of drug-likeness (QED) is 0.415. The lowest BCUT2D eigenvalue weighted by Crippen LogP contribution is -2.16. The summed E-state index contributed by atoms with van der Waals surface area (Å²) in [5, 5.41) is 4.68. The summed E-state index contributed by atoms with van der Waals surface area (Å²) in [5.74, 6) is -0.0515. The van der Waals surface area contributed by atoms with Crippen molar-refractivity contribution in [3.8, 4) is 10.6 Å². The highest BCUT2D eigenvalue weighted by molar-refractivity contribution is 7.70. The molecule has 0 atom stereocenters. The monoisotopic (exact) mass is 354 g/mol. The first kappa shape index (κ1) is 18.2. The largest absolute Gasteiger partial charge is 0.320 e. The van der Waals surface area contributed by atoms with Gasteiger partial charge in [0.15, 0.2) is 0 Å². The first-order chi connectivity index (χ1) is 11.2. The predicted molar refractivity (Wildman–Crippen MR) is 99.9 cm³/mol. The van der Waals surface area contributed by atoms with E-state index in [9.17, 15) is 9.59 Å². The second-order valence-electron chi connectivity index (χ2n) is 6.00. The molecule has 0 fully saturated rings. The van der Waals surface area contributed by atoms with E-state index in [1.165, 1.54) is 55.3 Å². The molecular formula is C17H26N2O2S2. The van der Waals surface area contributed by atoms with Gasteiger partial charge in [0.05, 0.1) is 10.6 Å². The molecule has 2 aliphatic rings. The number of amides is 1. The maximum atomic E-state index is 12.0. The summed E-state index contributed by atoms with van der Waals surface area (Å²) in [4.78, 5) is 27.4. The van der Waals surface area contributed by atoms with E-state index in [0.29, 0.717) is 12.1 Å². The lowest BCUT2D eigenvalue weighted by atomic mass is 10.1. The molecule has 0 saturated heterocycles. The first-order valence-electron chi connectivity index (χ1n) is 8.61. The van der Waals surface area contributed by atoms with Gasteiger partial charge in [-0.3, -0.25) is 9.59 Å². The maximum absolute atomic E-state index is 12.0. The zero-order valence-electron chi connectivity index (χ0n) is 13.8. The van der Waals surface area contributed by atoms with Crippen LogP contribution >= 0.6 is 20.7 Å². The van der Waals surface area contributed by atoms with Gasteiger partial charge >= 0.3 is 0 Å². The molecule has 4 nitrogen and oxygen atoms in total. The number of carbonyl (C=O) groups excluding carboxylic acids is 1. The molecular weight excluding hydrogens is 328 g/mol. The summed E-state index contributed by atoms with van der Waals surface area (Å²) >= 11 is 0. The molecule has 0 aromatic heterocycles. The van der Waals surface area contributed by atoms with E-state index in [-0.39, 0.29) is 11.5 Å². The van der Waals surface area contributed by atoms with Crippen molar-refractivity contribution in [2.45, 2.75) is 71.1 Å². The number of unbranched alkanes of at least 4 members (excludes halogenated alkanes) is 8. The molecule has 6 heteroatoms. The summed E-state index contributed by atoms with van der Waals surface area (Å²) < 4.78 is 0. The molecule has 0 aromatic rings. The zero-order valence-corrected chi connectivity index (χ0v) is 15.4. The standard InChI is InChI=1S/C17H26N2O2S2/c1-2-3-4-5-6-7-8-9-10-11-14(20)19-15-16-13(12-22-23-16)18-17(15)21/h12H,2-11H2,1H3,(H,18,21)(H,19,20). The second-order valence-corrected chi connectivity index (χ2v) is 8.08. The number of H-pyrrole nitrogens is 1. The molecule has 0 saturated carbocycles. The Kier molecular flexibility index (Phi) is 7.82. The van der Waals surface area contributed by atoms with E-state index in [2.05, 4.69) is 17.2 Å². The first-order valence-corrected chi connectivity index (χ1v) is 10.8. The van der Waals surface area contributed by atoms with Gasteiger partial charge in [0.2, 0.25) is 5.91 Å². The number of aromatic amines is 1. The van der Waals surface area contributed by atoms with Gasteiger partial charge in [0.25, 0.3) is 5.56 Å². The molecule has 2 rings (SSSR count).